The number of ether oxygens (including phenoxy) is 1. The number of hydrogen-bond donors (Lipinski definition) is 0. The minimum absolute atomic E-state index is 0.0766. The van der Waals surface area contributed by atoms with Crippen molar-refractivity contribution in [1.82, 2.24) is 0 Å². The van der Waals surface area contributed by atoms with E-state index in [-0.39, 0.29) is 5.78 Å². The van der Waals surface area contributed by atoms with Crippen LogP contribution in [-0.2, 0) is 5.75 Å². The fraction of sp³-hybridized carbons (Fsp3) is 0.118. The minimum Gasteiger partial charge on any atom is -0.488 e. The van der Waals surface area contributed by atoms with E-state index in [0.717, 1.165) is 38.7 Å². The molecule has 0 aromatic heterocycles. The Morgan fingerprint density at radius 2 is 2.00 bits per heavy atom. The highest BCUT2D eigenvalue weighted by Gasteiger charge is 2.26. The van der Waals surface area contributed by atoms with Gasteiger partial charge in [-0.3, -0.25) is 4.79 Å². The summed E-state index contributed by atoms with van der Waals surface area (Å²) in [6.45, 7) is 0.533. The normalized spacial score (nSPS) is 15.7. The fourth-order valence-corrected chi connectivity index (χ4v) is 3.71. The molecule has 0 saturated carbocycles. The zero-order chi connectivity index (χ0) is 13.5. The summed E-state index contributed by atoms with van der Waals surface area (Å²) in [4.78, 5) is 13.9. The lowest BCUT2D eigenvalue weighted by Crippen LogP contribution is -2.11. The average Bonchev–Trinajstić information content (AvgIpc) is 2.65. The van der Waals surface area contributed by atoms with Crippen LogP contribution in [0.5, 0.6) is 5.75 Å². The zero-order valence-corrected chi connectivity index (χ0v) is 11.6. The van der Waals surface area contributed by atoms with Crippen molar-refractivity contribution in [3.63, 3.8) is 0 Å². The van der Waals surface area contributed by atoms with Crippen molar-refractivity contribution in [3.05, 3.63) is 64.7 Å². The van der Waals surface area contributed by atoms with E-state index in [1.54, 1.807) is 11.8 Å². The molecule has 2 heterocycles. The minimum atomic E-state index is 0.0766. The van der Waals surface area contributed by atoms with Gasteiger partial charge in [0.2, 0.25) is 0 Å². The highest BCUT2D eigenvalue weighted by molar-refractivity contribution is 7.98. The van der Waals surface area contributed by atoms with Crippen molar-refractivity contribution in [2.24, 2.45) is 0 Å². The highest BCUT2D eigenvalue weighted by atomic mass is 32.2. The largest absolute Gasteiger partial charge is 0.488 e. The maximum atomic E-state index is 12.9. The number of hydrogen-bond acceptors (Lipinski definition) is 3. The molecule has 0 saturated heterocycles. The fourth-order valence-electron chi connectivity index (χ4n) is 2.67. The van der Waals surface area contributed by atoms with Crippen LogP contribution in [0.3, 0.4) is 0 Å². The van der Waals surface area contributed by atoms with Crippen molar-refractivity contribution in [2.75, 3.05) is 6.61 Å². The Hall–Kier alpha value is -2.00. The summed E-state index contributed by atoms with van der Waals surface area (Å²) >= 11 is 1.71. The van der Waals surface area contributed by atoms with Gasteiger partial charge in [-0.2, -0.15) is 0 Å². The number of rotatable bonds is 0. The summed E-state index contributed by atoms with van der Waals surface area (Å²) in [6.07, 6.45) is 3.99. The third kappa shape index (κ3) is 1.70. The van der Waals surface area contributed by atoms with E-state index in [4.69, 9.17) is 4.74 Å². The molecule has 4 rings (SSSR count). The van der Waals surface area contributed by atoms with E-state index in [1.807, 2.05) is 48.6 Å². The van der Waals surface area contributed by atoms with Crippen molar-refractivity contribution in [2.45, 2.75) is 10.6 Å². The van der Waals surface area contributed by atoms with Crippen LogP contribution < -0.4 is 4.74 Å². The summed E-state index contributed by atoms with van der Waals surface area (Å²) in [5.41, 5.74) is 3.57. The van der Waals surface area contributed by atoms with E-state index >= 15 is 0 Å². The van der Waals surface area contributed by atoms with Gasteiger partial charge in [0.1, 0.15) is 12.4 Å². The molecule has 98 valence electrons. The first-order chi connectivity index (χ1) is 9.84. The van der Waals surface area contributed by atoms with Gasteiger partial charge in [-0.25, -0.2) is 0 Å². The number of carbonyl (C=O) groups excluding carboxylic acids is 1. The summed E-state index contributed by atoms with van der Waals surface area (Å²) in [5.74, 6) is 1.62. The first kappa shape index (κ1) is 11.8. The number of ketones is 1. The number of benzene rings is 2. The zero-order valence-electron chi connectivity index (χ0n) is 10.8. The Balaban J connectivity index is 1.98. The standard InChI is InChI=1S/C17H12O2S/c18-16-13-5-1-2-6-14(13)20-10-12-8-7-11-4-3-9-19-17(11)15(12)16/h1-8H,9-10H2. The molecule has 2 nitrogen and oxygen atoms in total. The molecule has 2 aliphatic heterocycles. The van der Waals surface area contributed by atoms with Gasteiger partial charge in [0, 0.05) is 21.8 Å². The lowest BCUT2D eigenvalue weighted by molar-refractivity contribution is 0.103. The topological polar surface area (TPSA) is 26.3 Å². The second kappa shape index (κ2) is 4.53. The van der Waals surface area contributed by atoms with Gasteiger partial charge < -0.3 is 4.74 Å². The Morgan fingerprint density at radius 1 is 1.10 bits per heavy atom. The number of carbonyl (C=O) groups is 1. The highest BCUT2D eigenvalue weighted by Crippen LogP contribution is 2.39. The van der Waals surface area contributed by atoms with Gasteiger partial charge in [0.15, 0.2) is 5.78 Å². The molecule has 2 aromatic carbocycles. The lowest BCUT2D eigenvalue weighted by Gasteiger charge is -2.17. The van der Waals surface area contributed by atoms with Crippen molar-refractivity contribution in [1.29, 1.82) is 0 Å². The van der Waals surface area contributed by atoms with Crippen LogP contribution in [0.4, 0.5) is 0 Å². The quantitative estimate of drug-likeness (QED) is 0.731. The van der Waals surface area contributed by atoms with E-state index in [2.05, 4.69) is 0 Å². The van der Waals surface area contributed by atoms with Gasteiger partial charge in [-0.1, -0.05) is 30.3 Å². The third-order valence-electron chi connectivity index (χ3n) is 3.64. The molecule has 20 heavy (non-hydrogen) atoms. The molecule has 0 aliphatic carbocycles. The Bertz CT molecular complexity index is 747. The predicted molar refractivity (Wildman–Crippen MR) is 80.4 cm³/mol. The average molecular weight is 280 g/mol. The van der Waals surface area contributed by atoms with Crippen molar-refractivity contribution in [3.8, 4) is 5.75 Å². The van der Waals surface area contributed by atoms with E-state index < -0.39 is 0 Å². The predicted octanol–water partition coefficient (Wildman–Crippen LogP) is 3.93. The molecule has 3 heteroatoms. The summed E-state index contributed by atoms with van der Waals surface area (Å²) in [5, 5.41) is 0. The number of fused-ring (bicyclic) bond motifs is 4. The second-order valence-electron chi connectivity index (χ2n) is 4.85. The summed E-state index contributed by atoms with van der Waals surface area (Å²) < 4.78 is 5.75. The van der Waals surface area contributed by atoms with Crippen LogP contribution in [0.25, 0.3) is 6.08 Å². The van der Waals surface area contributed by atoms with Crippen molar-refractivity contribution < 1.29 is 9.53 Å². The number of thioether (sulfide) groups is 1. The molecule has 0 spiro atoms. The molecule has 0 fully saturated rings. The SMILES string of the molecule is O=C1c2ccccc2SCc2ccc3c(c21)OCC=C3. The van der Waals surface area contributed by atoms with Crippen LogP contribution in [0.1, 0.15) is 27.0 Å². The summed E-state index contributed by atoms with van der Waals surface area (Å²) in [6, 6.07) is 11.9. The van der Waals surface area contributed by atoms with Gasteiger partial charge in [-0.15, -0.1) is 11.8 Å². The molecule has 2 aromatic rings. The molecule has 2 aliphatic rings. The Labute approximate surface area is 121 Å². The Kier molecular flexibility index (Phi) is 2.67. The van der Waals surface area contributed by atoms with Gasteiger partial charge in [0.25, 0.3) is 0 Å². The Morgan fingerprint density at radius 3 is 2.95 bits per heavy atom. The molecule has 0 radical (unpaired) electrons. The van der Waals surface area contributed by atoms with E-state index in [0.29, 0.717) is 6.61 Å². The van der Waals surface area contributed by atoms with Crippen molar-refractivity contribution >= 4 is 23.6 Å². The molecule has 0 bridgehead atoms. The molecule has 0 atom stereocenters. The maximum absolute atomic E-state index is 12.9. The van der Waals surface area contributed by atoms with Gasteiger partial charge in [-0.05, 0) is 23.8 Å². The first-order valence-corrected chi connectivity index (χ1v) is 7.55. The second-order valence-corrected chi connectivity index (χ2v) is 5.86. The molecule has 0 unspecified atom stereocenters. The molecule has 0 amide bonds. The molecular formula is C17H12O2S. The van der Waals surface area contributed by atoms with Crippen LogP contribution in [-0.4, -0.2) is 12.4 Å². The van der Waals surface area contributed by atoms with Crippen LogP contribution in [0, 0.1) is 0 Å². The van der Waals surface area contributed by atoms with E-state index in [1.165, 1.54) is 0 Å². The lowest BCUT2D eigenvalue weighted by atomic mass is 9.95. The monoisotopic (exact) mass is 280 g/mol. The van der Waals surface area contributed by atoms with Gasteiger partial charge >= 0.3 is 0 Å². The van der Waals surface area contributed by atoms with Gasteiger partial charge in [0.05, 0.1) is 5.56 Å². The van der Waals surface area contributed by atoms with Crippen LogP contribution >= 0.6 is 11.8 Å². The van der Waals surface area contributed by atoms with Crippen LogP contribution in [0.2, 0.25) is 0 Å². The first-order valence-electron chi connectivity index (χ1n) is 6.56. The van der Waals surface area contributed by atoms with E-state index in [9.17, 15) is 4.79 Å². The maximum Gasteiger partial charge on any atom is 0.198 e. The summed E-state index contributed by atoms with van der Waals surface area (Å²) in [7, 11) is 0. The third-order valence-corrected chi connectivity index (χ3v) is 4.76. The van der Waals surface area contributed by atoms with Crippen LogP contribution in [0.15, 0.2) is 47.4 Å². The molecular weight excluding hydrogens is 268 g/mol. The molecule has 0 N–H and O–H groups in total. The smallest absolute Gasteiger partial charge is 0.198 e.